The molecule has 0 aliphatic carbocycles. The standard InChI is InChI=1S/C15H22N2O4/c1-9(2)13(15(19)20-5)17-14(18)11-6-7-12(16-8-11)21-10(3)4/h6-10,13H,1-5H3,(H,17,18)/t13-/m0/s1. The first-order valence-electron chi connectivity index (χ1n) is 6.86. The summed E-state index contributed by atoms with van der Waals surface area (Å²) in [6, 6.07) is 2.54. The normalized spacial score (nSPS) is 12.1. The molecule has 0 radical (unpaired) electrons. The Balaban J connectivity index is 2.76. The zero-order chi connectivity index (χ0) is 16.0. The van der Waals surface area contributed by atoms with Crippen LogP contribution in [0.3, 0.4) is 0 Å². The molecule has 1 amide bonds. The van der Waals surface area contributed by atoms with E-state index in [0.717, 1.165) is 0 Å². The van der Waals surface area contributed by atoms with Crippen LogP contribution in [0.1, 0.15) is 38.1 Å². The van der Waals surface area contributed by atoms with E-state index in [1.54, 1.807) is 12.1 Å². The Morgan fingerprint density at radius 1 is 1.19 bits per heavy atom. The van der Waals surface area contributed by atoms with E-state index in [1.807, 2.05) is 27.7 Å². The number of hydrogen-bond donors (Lipinski definition) is 1. The molecule has 21 heavy (non-hydrogen) atoms. The van der Waals surface area contributed by atoms with Crippen molar-refractivity contribution >= 4 is 11.9 Å². The molecule has 6 heteroatoms. The lowest BCUT2D eigenvalue weighted by atomic mass is 10.0. The van der Waals surface area contributed by atoms with Crippen molar-refractivity contribution in [2.75, 3.05) is 7.11 Å². The van der Waals surface area contributed by atoms with E-state index in [0.29, 0.717) is 11.4 Å². The van der Waals surface area contributed by atoms with Gasteiger partial charge in [0.1, 0.15) is 6.04 Å². The van der Waals surface area contributed by atoms with Gasteiger partial charge in [0.25, 0.3) is 5.91 Å². The SMILES string of the molecule is COC(=O)[C@@H](NC(=O)c1ccc(OC(C)C)nc1)C(C)C. The third-order valence-electron chi connectivity index (χ3n) is 2.76. The van der Waals surface area contributed by atoms with Crippen LogP contribution < -0.4 is 10.1 Å². The predicted molar refractivity (Wildman–Crippen MR) is 78.1 cm³/mol. The topological polar surface area (TPSA) is 77.5 Å². The first-order chi connectivity index (χ1) is 9.85. The van der Waals surface area contributed by atoms with E-state index in [4.69, 9.17) is 4.74 Å². The lowest BCUT2D eigenvalue weighted by Gasteiger charge is -2.19. The molecule has 0 bridgehead atoms. The monoisotopic (exact) mass is 294 g/mol. The van der Waals surface area contributed by atoms with Crippen LogP contribution in [0, 0.1) is 5.92 Å². The molecule has 1 N–H and O–H groups in total. The Morgan fingerprint density at radius 2 is 1.86 bits per heavy atom. The molecule has 0 saturated carbocycles. The van der Waals surface area contributed by atoms with Gasteiger partial charge in [0.2, 0.25) is 5.88 Å². The van der Waals surface area contributed by atoms with Crippen LogP contribution in [0.15, 0.2) is 18.3 Å². The fourth-order valence-corrected chi connectivity index (χ4v) is 1.68. The number of ether oxygens (including phenoxy) is 2. The van der Waals surface area contributed by atoms with Crippen LogP contribution in [0.25, 0.3) is 0 Å². The highest BCUT2D eigenvalue weighted by atomic mass is 16.5. The van der Waals surface area contributed by atoms with Crippen LogP contribution >= 0.6 is 0 Å². The summed E-state index contributed by atoms with van der Waals surface area (Å²) >= 11 is 0. The highest BCUT2D eigenvalue weighted by molar-refractivity contribution is 5.96. The highest BCUT2D eigenvalue weighted by Crippen LogP contribution is 2.11. The van der Waals surface area contributed by atoms with Crippen molar-refractivity contribution in [1.29, 1.82) is 0 Å². The van der Waals surface area contributed by atoms with Crippen molar-refractivity contribution in [3.05, 3.63) is 23.9 Å². The maximum Gasteiger partial charge on any atom is 0.328 e. The van der Waals surface area contributed by atoms with Crippen molar-refractivity contribution < 1.29 is 19.1 Å². The number of nitrogens with one attached hydrogen (secondary N) is 1. The average Bonchev–Trinajstić information content (AvgIpc) is 2.43. The number of carbonyl (C=O) groups excluding carboxylic acids is 2. The van der Waals surface area contributed by atoms with Crippen molar-refractivity contribution in [2.24, 2.45) is 5.92 Å². The van der Waals surface area contributed by atoms with Crippen molar-refractivity contribution in [2.45, 2.75) is 39.8 Å². The van der Waals surface area contributed by atoms with Crippen molar-refractivity contribution in [3.63, 3.8) is 0 Å². The molecule has 1 heterocycles. The Hall–Kier alpha value is -2.11. The Kier molecular flexibility index (Phi) is 6.14. The number of pyridine rings is 1. The summed E-state index contributed by atoms with van der Waals surface area (Å²) in [5.41, 5.74) is 0.362. The molecule has 0 saturated heterocycles. The summed E-state index contributed by atoms with van der Waals surface area (Å²) in [5, 5.41) is 2.65. The summed E-state index contributed by atoms with van der Waals surface area (Å²) in [4.78, 5) is 27.8. The summed E-state index contributed by atoms with van der Waals surface area (Å²) in [6.07, 6.45) is 1.43. The van der Waals surface area contributed by atoms with Gasteiger partial charge in [0, 0.05) is 12.3 Å². The zero-order valence-electron chi connectivity index (χ0n) is 13.0. The number of nitrogens with zero attached hydrogens (tertiary/aromatic N) is 1. The lowest BCUT2D eigenvalue weighted by Crippen LogP contribution is -2.45. The Morgan fingerprint density at radius 3 is 2.29 bits per heavy atom. The minimum atomic E-state index is -0.686. The van der Waals surface area contributed by atoms with Crippen molar-refractivity contribution in [1.82, 2.24) is 10.3 Å². The molecule has 1 aromatic heterocycles. The first kappa shape index (κ1) is 16.9. The lowest BCUT2D eigenvalue weighted by molar-refractivity contribution is -0.144. The van der Waals surface area contributed by atoms with Gasteiger partial charge in [0.15, 0.2) is 0 Å². The minimum Gasteiger partial charge on any atom is -0.475 e. The zero-order valence-corrected chi connectivity index (χ0v) is 13.0. The van der Waals surface area contributed by atoms with E-state index in [9.17, 15) is 9.59 Å². The number of hydrogen-bond acceptors (Lipinski definition) is 5. The van der Waals surface area contributed by atoms with E-state index in [1.165, 1.54) is 13.3 Å². The first-order valence-corrected chi connectivity index (χ1v) is 6.86. The second kappa shape index (κ2) is 7.61. The summed E-state index contributed by atoms with van der Waals surface area (Å²) in [7, 11) is 1.30. The average molecular weight is 294 g/mol. The van der Waals surface area contributed by atoms with Gasteiger partial charge in [-0.15, -0.1) is 0 Å². The molecule has 116 valence electrons. The van der Waals surface area contributed by atoms with Gasteiger partial charge in [-0.25, -0.2) is 9.78 Å². The van der Waals surface area contributed by atoms with E-state index in [2.05, 4.69) is 15.0 Å². The van der Waals surface area contributed by atoms with Crippen LogP contribution in [0.2, 0.25) is 0 Å². The Labute approximate surface area is 124 Å². The van der Waals surface area contributed by atoms with E-state index < -0.39 is 12.0 Å². The summed E-state index contributed by atoms with van der Waals surface area (Å²) < 4.78 is 10.1. The van der Waals surface area contributed by atoms with Gasteiger partial charge in [-0.1, -0.05) is 13.8 Å². The fourth-order valence-electron chi connectivity index (χ4n) is 1.68. The third-order valence-corrected chi connectivity index (χ3v) is 2.76. The number of amides is 1. The van der Waals surface area contributed by atoms with Gasteiger partial charge in [-0.2, -0.15) is 0 Å². The van der Waals surface area contributed by atoms with Crippen LogP contribution in [-0.4, -0.2) is 36.1 Å². The molecule has 1 rings (SSSR count). The minimum absolute atomic E-state index is 0.0156. The summed E-state index contributed by atoms with van der Waals surface area (Å²) in [6.45, 7) is 7.46. The third kappa shape index (κ3) is 5.06. The number of esters is 1. The smallest absolute Gasteiger partial charge is 0.328 e. The molecule has 0 aliphatic rings. The molecule has 0 fully saturated rings. The molecular formula is C15H22N2O4. The van der Waals surface area contributed by atoms with Crippen LogP contribution in [-0.2, 0) is 9.53 Å². The number of methoxy groups -OCH3 is 1. The van der Waals surface area contributed by atoms with Crippen molar-refractivity contribution in [3.8, 4) is 5.88 Å². The molecule has 0 spiro atoms. The maximum atomic E-state index is 12.1. The molecule has 1 aromatic rings. The molecule has 0 aliphatic heterocycles. The molecule has 6 nitrogen and oxygen atoms in total. The number of rotatable bonds is 6. The Bertz CT molecular complexity index is 483. The van der Waals surface area contributed by atoms with Gasteiger partial charge in [0.05, 0.1) is 18.8 Å². The van der Waals surface area contributed by atoms with Gasteiger partial charge in [-0.05, 0) is 25.8 Å². The molecule has 0 aromatic carbocycles. The van der Waals surface area contributed by atoms with Crippen LogP contribution in [0.5, 0.6) is 5.88 Å². The fraction of sp³-hybridized carbons (Fsp3) is 0.533. The maximum absolute atomic E-state index is 12.1. The second-order valence-corrected chi connectivity index (χ2v) is 5.27. The molecule has 1 atom stereocenters. The van der Waals surface area contributed by atoms with Gasteiger partial charge in [-0.3, -0.25) is 4.79 Å². The molecular weight excluding hydrogens is 272 g/mol. The summed E-state index contributed by atoms with van der Waals surface area (Å²) in [5.74, 6) is -0.457. The largest absolute Gasteiger partial charge is 0.475 e. The highest BCUT2D eigenvalue weighted by Gasteiger charge is 2.25. The second-order valence-electron chi connectivity index (χ2n) is 5.27. The van der Waals surface area contributed by atoms with Gasteiger partial charge >= 0.3 is 5.97 Å². The van der Waals surface area contributed by atoms with Gasteiger partial charge < -0.3 is 14.8 Å². The number of aromatic nitrogens is 1. The predicted octanol–water partition coefficient (Wildman–Crippen LogP) is 1.80. The van der Waals surface area contributed by atoms with Crippen LogP contribution in [0.4, 0.5) is 0 Å². The van der Waals surface area contributed by atoms with E-state index >= 15 is 0 Å². The quantitative estimate of drug-likeness (QED) is 0.809. The van der Waals surface area contributed by atoms with E-state index in [-0.39, 0.29) is 17.9 Å². The molecule has 0 unspecified atom stereocenters. The number of carbonyl (C=O) groups is 2.